The molecule has 1 aromatic rings. The van der Waals surface area contributed by atoms with Crippen LogP contribution in [-0.2, 0) is 6.42 Å². The highest BCUT2D eigenvalue weighted by Gasteiger charge is 2.02. The molecule has 0 saturated carbocycles. The lowest BCUT2D eigenvalue weighted by molar-refractivity contribution is 0.265. The van der Waals surface area contributed by atoms with Crippen LogP contribution in [0.3, 0.4) is 0 Å². The van der Waals surface area contributed by atoms with Crippen molar-refractivity contribution in [1.29, 1.82) is 0 Å². The van der Waals surface area contributed by atoms with Crippen LogP contribution in [0.4, 0.5) is 0 Å². The van der Waals surface area contributed by atoms with Gasteiger partial charge in [-0.3, -0.25) is 0 Å². The molecule has 0 unspecified atom stereocenters. The summed E-state index contributed by atoms with van der Waals surface area (Å²) >= 11 is 0. The maximum atomic E-state index is 8.83. The van der Waals surface area contributed by atoms with E-state index in [1.807, 2.05) is 24.3 Å². The smallest absolute Gasteiger partial charge is 0.149 e. The molecule has 0 saturated heterocycles. The molecule has 0 aliphatic carbocycles. The number of benzene rings is 1. The second kappa shape index (κ2) is 6.89. The molecule has 0 heterocycles. The van der Waals surface area contributed by atoms with Crippen LogP contribution < -0.4 is 10.5 Å². The van der Waals surface area contributed by atoms with E-state index in [2.05, 4.69) is 11.8 Å². The Morgan fingerprint density at radius 2 is 2.06 bits per heavy atom. The molecule has 0 aliphatic heterocycles. The van der Waals surface area contributed by atoms with Crippen molar-refractivity contribution in [3.63, 3.8) is 0 Å². The highest BCUT2D eigenvalue weighted by atomic mass is 16.5. The standard InChI is InChI=1S/C13H17NO2/c1-2-3-8-16-13-6-4-11(5-7-13)9-12(14)10-15/h4-7,12,15H,8-10,14H2,1H3/t12-/m0/s1. The lowest BCUT2D eigenvalue weighted by atomic mass is 10.1. The van der Waals surface area contributed by atoms with Crippen molar-refractivity contribution in [2.45, 2.75) is 19.4 Å². The highest BCUT2D eigenvalue weighted by molar-refractivity contribution is 5.28. The maximum absolute atomic E-state index is 8.83. The van der Waals surface area contributed by atoms with Gasteiger partial charge in [-0.15, -0.1) is 5.92 Å². The SMILES string of the molecule is CC#CCOc1ccc(C[C@H](N)CO)cc1. The van der Waals surface area contributed by atoms with Gasteiger partial charge in [0.2, 0.25) is 0 Å². The van der Waals surface area contributed by atoms with Crippen LogP contribution in [0, 0.1) is 11.8 Å². The number of rotatable bonds is 5. The minimum absolute atomic E-state index is 0.00431. The number of hydrogen-bond donors (Lipinski definition) is 2. The molecule has 0 radical (unpaired) electrons. The van der Waals surface area contributed by atoms with E-state index in [0.29, 0.717) is 13.0 Å². The quantitative estimate of drug-likeness (QED) is 0.725. The molecule has 0 fully saturated rings. The van der Waals surface area contributed by atoms with Crippen LogP contribution in [0.1, 0.15) is 12.5 Å². The Morgan fingerprint density at radius 1 is 1.38 bits per heavy atom. The zero-order valence-corrected chi connectivity index (χ0v) is 9.44. The molecule has 16 heavy (non-hydrogen) atoms. The van der Waals surface area contributed by atoms with E-state index >= 15 is 0 Å². The molecule has 3 heteroatoms. The summed E-state index contributed by atoms with van der Waals surface area (Å²) in [6.45, 7) is 2.19. The van der Waals surface area contributed by atoms with Gasteiger partial charge in [-0.2, -0.15) is 0 Å². The van der Waals surface area contributed by atoms with E-state index in [4.69, 9.17) is 15.6 Å². The molecule has 0 spiro atoms. The van der Waals surface area contributed by atoms with Crippen molar-refractivity contribution >= 4 is 0 Å². The second-order valence-electron chi connectivity index (χ2n) is 3.51. The molecule has 3 nitrogen and oxygen atoms in total. The number of aliphatic hydroxyl groups is 1. The summed E-state index contributed by atoms with van der Waals surface area (Å²) in [5, 5.41) is 8.83. The van der Waals surface area contributed by atoms with Gasteiger partial charge in [-0.25, -0.2) is 0 Å². The summed E-state index contributed by atoms with van der Waals surface area (Å²) in [6, 6.07) is 7.47. The fourth-order valence-electron chi connectivity index (χ4n) is 1.28. The van der Waals surface area contributed by atoms with E-state index in [9.17, 15) is 0 Å². The van der Waals surface area contributed by atoms with Gasteiger partial charge in [0, 0.05) is 6.04 Å². The van der Waals surface area contributed by atoms with Crippen molar-refractivity contribution < 1.29 is 9.84 Å². The molecule has 1 aromatic carbocycles. The average Bonchev–Trinajstić information content (AvgIpc) is 2.31. The van der Waals surface area contributed by atoms with Crippen LogP contribution in [0.25, 0.3) is 0 Å². The Labute approximate surface area is 96.2 Å². The first kappa shape index (κ1) is 12.6. The number of aliphatic hydroxyl groups excluding tert-OH is 1. The van der Waals surface area contributed by atoms with E-state index in [1.54, 1.807) is 6.92 Å². The van der Waals surface area contributed by atoms with Crippen molar-refractivity contribution in [1.82, 2.24) is 0 Å². The molecule has 86 valence electrons. The summed E-state index contributed by atoms with van der Waals surface area (Å²) in [5.74, 6) is 6.39. The van der Waals surface area contributed by atoms with E-state index < -0.39 is 0 Å². The predicted molar refractivity (Wildman–Crippen MR) is 64.2 cm³/mol. The first-order chi connectivity index (χ1) is 7.76. The zero-order valence-electron chi connectivity index (χ0n) is 9.44. The van der Waals surface area contributed by atoms with Crippen molar-refractivity contribution in [2.75, 3.05) is 13.2 Å². The summed E-state index contributed by atoms with van der Waals surface area (Å²) in [6.07, 6.45) is 0.672. The van der Waals surface area contributed by atoms with E-state index in [0.717, 1.165) is 11.3 Å². The average molecular weight is 219 g/mol. The Hall–Kier alpha value is -1.50. The third kappa shape index (κ3) is 4.35. The molecule has 0 amide bonds. The summed E-state index contributed by atoms with van der Waals surface area (Å²) < 4.78 is 5.38. The molecule has 3 N–H and O–H groups in total. The summed E-state index contributed by atoms with van der Waals surface area (Å²) in [4.78, 5) is 0. The number of nitrogens with two attached hydrogens (primary N) is 1. The second-order valence-corrected chi connectivity index (χ2v) is 3.51. The van der Waals surface area contributed by atoms with E-state index in [1.165, 1.54) is 0 Å². The monoisotopic (exact) mass is 219 g/mol. The first-order valence-corrected chi connectivity index (χ1v) is 5.24. The highest BCUT2D eigenvalue weighted by Crippen LogP contribution is 2.12. The van der Waals surface area contributed by atoms with Gasteiger partial charge in [-0.1, -0.05) is 18.1 Å². The van der Waals surface area contributed by atoms with Gasteiger partial charge in [0.1, 0.15) is 12.4 Å². The topological polar surface area (TPSA) is 55.5 Å². The molecule has 1 rings (SSSR count). The maximum Gasteiger partial charge on any atom is 0.149 e. The Kier molecular flexibility index (Phi) is 5.41. The summed E-state index contributed by atoms with van der Waals surface area (Å²) in [5.41, 5.74) is 6.73. The van der Waals surface area contributed by atoms with Gasteiger partial charge in [0.25, 0.3) is 0 Å². The van der Waals surface area contributed by atoms with Crippen molar-refractivity contribution in [3.05, 3.63) is 29.8 Å². The minimum atomic E-state index is -0.197. The minimum Gasteiger partial charge on any atom is -0.481 e. The van der Waals surface area contributed by atoms with Gasteiger partial charge in [0.15, 0.2) is 0 Å². The molecule has 0 aromatic heterocycles. The third-order valence-electron chi connectivity index (χ3n) is 2.14. The van der Waals surface area contributed by atoms with Gasteiger partial charge in [0.05, 0.1) is 6.61 Å². The normalized spacial score (nSPS) is 11.4. The van der Waals surface area contributed by atoms with Gasteiger partial charge >= 0.3 is 0 Å². The Bertz CT molecular complexity index is 362. The van der Waals surface area contributed by atoms with Crippen molar-refractivity contribution in [3.8, 4) is 17.6 Å². The van der Waals surface area contributed by atoms with Gasteiger partial charge < -0.3 is 15.6 Å². The van der Waals surface area contributed by atoms with Gasteiger partial charge in [-0.05, 0) is 31.0 Å². The van der Waals surface area contributed by atoms with Crippen LogP contribution >= 0.6 is 0 Å². The van der Waals surface area contributed by atoms with E-state index in [-0.39, 0.29) is 12.6 Å². The number of hydrogen-bond acceptors (Lipinski definition) is 3. The van der Waals surface area contributed by atoms with Crippen LogP contribution in [0.5, 0.6) is 5.75 Å². The number of ether oxygens (including phenoxy) is 1. The predicted octanol–water partition coefficient (Wildman–Crippen LogP) is 0.951. The van der Waals surface area contributed by atoms with Crippen LogP contribution in [0.2, 0.25) is 0 Å². The molecule has 1 atom stereocenters. The zero-order chi connectivity index (χ0) is 11.8. The van der Waals surface area contributed by atoms with Crippen LogP contribution in [0.15, 0.2) is 24.3 Å². The fourth-order valence-corrected chi connectivity index (χ4v) is 1.28. The van der Waals surface area contributed by atoms with Crippen LogP contribution in [-0.4, -0.2) is 24.4 Å². The summed E-state index contributed by atoms with van der Waals surface area (Å²) in [7, 11) is 0. The molecular formula is C13H17NO2. The largest absolute Gasteiger partial charge is 0.481 e. The Morgan fingerprint density at radius 3 is 2.62 bits per heavy atom. The lowest BCUT2D eigenvalue weighted by Gasteiger charge is -2.08. The molecule has 0 aliphatic rings. The molecule has 0 bridgehead atoms. The first-order valence-electron chi connectivity index (χ1n) is 5.24. The Balaban J connectivity index is 2.49. The third-order valence-corrected chi connectivity index (χ3v) is 2.14. The lowest BCUT2D eigenvalue weighted by Crippen LogP contribution is -2.26. The fraction of sp³-hybridized carbons (Fsp3) is 0.385. The van der Waals surface area contributed by atoms with Crippen molar-refractivity contribution in [2.24, 2.45) is 5.73 Å². The molecular weight excluding hydrogens is 202 g/mol.